The van der Waals surface area contributed by atoms with Gasteiger partial charge in [-0.05, 0) is 37.3 Å². The third kappa shape index (κ3) is 4.42. The fourth-order valence-electron chi connectivity index (χ4n) is 2.27. The molecule has 1 aromatic rings. The molecule has 0 aromatic carbocycles. The van der Waals surface area contributed by atoms with Gasteiger partial charge in [-0.3, -0.25) is 0 Å². The van der Waals surface area contributed by atoms with Gasteiger partial charge in [0.25, 0.3) is 0 Å². The smallest absolute Gasteiger partial charge is 0.0501 e. The zero-order valence-corrected chi connectivity index (χ0v) is 12.3. The largest absolute Gasteiger partial charge is 0.396 e. The van der Waals surface area contributed by atoms with Crippen molar-refractivity contribution in [1.29, 1.82) is 0 Å². The van der Waals surface area contributed by atoms with Gasteiger partial charge in [0.05, 0.1) is 6.61 Å². The molecule has 0 radical (unpaired) electrons. The van der Waals surface area contributed by atoms with Crippen molar-refractivity contribution >= 4 is 17.4 Å². The van der Waals surface area contributed by atoms with Crippen molar-refractivity contribution in [2.24, 2.45) is 5.41 Å². The minimum atomic E-state index is 0.00326. The van der Waals surface area contributed by atoms with Gasteiger partial charge in [0.2, 0.25) is 0 Å². The topological polar surface area (TPSA) is 41.5 Å². The molecule has 0 saturated carbocycles. The summed E-state index contributed by atoms with van der Waals surface area (Å²) in [6, 6.07) is 4.49. The van der Waals surface area contributed by atoms with Crippen molar-refractivity contribution in [3.63, 3.8) is 0 Å². The first-order valence-corrected chi connectivity index (χ1v) is 7.76. The third-order valence-electron chi connectivity index (χ3n) is 3.78. The van der Waals surface area contributed by atoms with Gasteiger partial charge in [-0.2, -0.15) is 0 Å². The first kappa shape index (κ1) is 14.7. The maximum Gasteiger partial charge on any atom is 0.0501 e. The van der Waals surface area contributed by atoms with E-state index < -0.39 is 0 Å². The highest BCUT2D eigenvalue weighted by molar-refractivity contribution is 7.10. The summed E-state index contributed by atoms with van der Waals surface area (Å²) in [7, 11) is 0. The monoisotopic (exact) mass is 281 g/mol. The number of rotatable bonds is 6. The molecule has 19 heavy (non-hydrogen) atoms. The summed E-state index contributed by atoms with van der Waals surface area (Å²) in [5.74, 6) is 0. The number of aliphatic hydroxyl groups is 1. The van der Waals surface area contributed by atoms with Crippen molar-refractivity contribution in [3.05, 3.63) is 28.5 Å². The molecule has 2 heterocycles. The molecule has 2 N–H and O–H groups in total. The lowest BCUT2D eigenvalue weighted by Crippen LogP contribution is -2.44. The van der Waals surface area contributed by atoms with Crippen LogP contribution < -0.4 is 5.32 Å². The molecule has 1 unspecified atom stereocenters. The van der Waals surface area contributed by atoms with E-state index in [4.69, 9.17) is 4.74 Å². The Kier molecular flexibility index (Phi) is 5.58. The van der Waals surface area contributed by atoms with Crippen molar-refractivity contribution < 1.29 is 9.84 Å². The van der Waals surface area contributed by atoms with E-state index in [0.29, 0.717) is 6.04 Å². The van der Waals surface area contributed by atoms with Gasteiger partial charge in [-0.1, -0.05) is 12.1 Å². The Morgan fingerprint density at radius 1 is 1.53 bits per heavy atom. The second kappa shape index (κ2) is 7.20. The quantitative estimate of drug-likeness (QED) is 0.842. The number of aliphatic hydroxyl groups excluding tert-OH is 1. The lowest BCUT2D eigenvalue weighted by Gasteiger charge is -2.36. The standard InChI is InChI=1S/C15H23NO2S/c1-13(4-5-14-3-2-10-19-14)16-11-15(12-17)6-8-18-9-7-15/h2-5,10,13,16-17H,6-9,11-12H2,1H3. The molecule has 3 nitrogen and oxygen atoms in total. The van der Waals surface area contributed by atoms with Crippen LogP contribution in [0.25, 0.3) is 6.08 Å². The van der Waals surface area contributed by atoms with Gasteiger partial charge in [0, 0.05) is 36.1 Å². The molecule has 0 amide bonds. The molecule has 0 bridgehead atoms. The lowest BCUT2D eigenvalue weighted by molar-refractivity contribution is -0.0157. The van der Waals surface area contributed by atoms with Crippen LogP contribution in [0.4, 0.5) is 0 Å². The van der Waals surface area contributed by atoms with E-state index in [-0.39, 0.29) is 12.0 Å². The molecule has 1 aliphatic rings. The summed E-state index contributed by atoms with van der Waals surface area (Å²) in [6.45, 7) is 4.77. The van der Waals surface area contributed by atoms with E-state index in [1.807, 2.05) is 0 Å². The van der Waals surface area contributed by atoms with E-state index in [9.17, 15) is 5.11 Å². The maximum absolute atomic E-state index is 9.62. The lowest BCUT2D eigenvalue weighted by atomic mass is 9.81. The minimum Gasteiger partial charge on any atom is -0.396 e. The molecule has 1 fully saturated rings. The molecule has 2 rings (SSSR count). The first-order chi connectivity index (χ1) is 9.24. The van der Waals surface area contributed by atoms with Crippen molar-refractivity contribution in [3.8, 4) is 0 Å². The Morgan fingerprint density at radius 3 is 2.95 bits per heavy atom. The van der Waals surface area contributed by atoms with Crippen LogP contribution in [0.15, 0.2) is 23.6 Å². The average molecular weight is 281 g/mol. The van der Waals surface area contributed by atoms with Gasteiger partial charge >= 0.3 is 0 Å². The molecule has 4 heteroatoms. The van der Waals surface area contributed by atoms with Crippen molar-refractivity contribution in [1.82, 2.24) is 5.32 Å². The molecular formula is C15H23NO2S. The van der Waals surface area contributed by atoms with Crippen LogP contribution in [0, 0.1) is 5.41 Å². The van der Waals surface area contributed by atoms with Gasteiger partial charge in [-0.25, -0.2) is 0 Å². The Balaban J connectivity index is 1.80. The van der Waals surface area contributed by atoms with Crippen LogP contribution in [0.5, 0.6) is 0 Å². The Morgan fingerprint density at radius 2 is 2.32 bits per heavy atom. The zero-order chi connectivity index (χ0) is 13.6. The number of hydrogen-bond acceptors (Lipinski definition) is 4. The van der Waals surface area contributed by atoms with E-state index >= 15 is 0 Å². The van der Waals surface area contributed by atoms with Crippen LogP contribution in [0.1, 0.15) is 24.6 Å². The Bertz CT molecular complexity index is 383. The van der Waals surface area contributed by atoms with E-state index in [1.54, 1.807) is 11.3 Å². The predicted octanol–water partition coefficient (Wildman–Crippen LogP) is 2.53. The summed E-state index contributed by atoms with van der Waals surface area (Å²) in [6.07, 6.45) is 6.21. The van der Waals surface area contributed by atoms with Crippen molar-refractivity contribution in [2.75, 3.05) is 26.4 Å². The van der Waals surface area contributed by atoms with Gasteiger partial charge in [0.1, 0.15) is 0 Å². The molecule has 106 valence electrons. The summed E-state index contributed by atoms with van der Waals surface area (Å²) in [5.41, 5.74) is 0.00326. The maximum atomic E-state index is 9.62. The highest BCUT2D eigenvalue weighted by Crippen LogP contribution is 2.29. The third-order valence-corrected chi connectivity index (χ3v) is 4.62. The van der Waals surface area contributed by atoms with Crippen molar-refractivity contribution in [2.45, 2.75) is 25.8 Å². The molecule has 0 spiro atoms. The number of ether oxygens (including phenoxy) is 1. The highest BCUT2D eigenvalue weighted by Gasteiger charge is 2.31. The van der Waals surface area contributed by atoms with E-state index in [2.05, 4.69) is 41.9 Å². The molecule has 1 saturated heterocycles. The average Bonchev–Trinajstić information content (AvgIpc) is 2.97. The van der Waals surface area contributed by atoms with Gasteiger partial charge in [-0.15, -0.1) is 11.3 Å². The summed E-state index contributed by atoms with van der Waals surface area (Å²) in [4.78, 5) is 1.27. The minimum absolute atomic E-state index is 0.00326. The van der Waals surface area contributed by atoms with Gasteiger partial charge in [0.15, 0.2) is 0 Å². The second-order valence-corrected chi connectivity index (χ2v) is 6.29. The predicted molar refractivity (Wildman–Crippen MR) is 80.4 cm³/mol. The summed E-state index contributed by atoms with van der Waals surface area (Å²) in [5, 5.41) is 15.2. The summed E-state index contributed by atoms with van der Waals surface area (Å²) < 4.78 is 5.38. The van der Waals surface area contributed by atoms with Crippen LogP contribution in [0.3, 0.4) is 0 Å². The first-order valence-electron chi connectivity index (χ1n) is 6.88. The molecule has 1 aliphatic heterocycles. The fourth-order valence-corrected chi connectivity index (χ4v) is 2.89. The Labute approximate surface area is 119 Å². The number of hydrogen-bond donors (Lipinski definition) is 2. The van der Waals surface area contributed by atoms with Crippen LogP contribution in [-0.4, -0.2) is 37.5 Å². The number of nitrogens with one attached hydrogen (secondary N) is 1. The fraction of sp³-hybridized carbons (Fsp3) is 0.600. The highest BCUT2D eigenvalue weighted by atomic mass is 32.1. The molecule has 1 aromatic heterocycles. The Hall–Kier alpha value is -0.680. The summed E-state index contributed by atoms with van der Waals surface area (Å²) >= 11 is 1.74. The zero-order valence-electron chi connectivity index (χ0n) is 11.5. The normalized spacial score (nSPS) is 20.7. The van der Waals surface area contributed by atoms with Gasteiger partial charge < -0.3 is 15.2 Å². The molecule has 0 aliphatic carbocycles. The van der Waals surface area contributed by atoms with E-state index in [1.165, 1.54) is 4.88 Å². The molecular weight excluding hydrogens is 258 g/mol. The van der Waals surface area contributed by atoms with E-state index in [0.717, 1.165) is 32.6 Å². The van der Waals surface area contributed by atoms with Crippen LogP contribution >= 0.6 is 11.3 Å². The van der Waals surface area contributed by atoms with Crippen LogP contribution in [0.2, 0.25) is 0 Å². The molecule has 1 atom stereocenters. The number of thiophene rings is 1. The second-order valence-electron chi connectivity index (χ2n) is 5.31. The van der Waals surface area contributed by atoms with Crippen LogP contribution in [-0.2, 0) is 4.74 Å². The SMILES string of the molecule is CC(C=Cc1cccs1)NCC1(CO)CCOCC1.